The van der Waals surface area contributed by atoms with Gasteiger partial charge in [0, 0.05) is 30.4 Å². The zero-order valence-corrected chi connectivity index (χ0v) is 16.2. The summed E-state index contributed by atoms with van der Waals surface area (Å²) in [5.74, 6) is 1.91. The average Bonchev–Trinajstić information content (AvgIpc) is 3.37. The predicted octanol–water partition coefficient (Wildman–Crippen LogP) is 3.05. The highest BCUT2D eigenvalue weighted by Gasteiger charge is 2.17. The van der Waals surface area contributed by atoms with Crippen LogP contribution < -0.4 is 19.5 Å². The molecule has 1 aromatic carbocycles. The SMILES string of the molecule is Cc1cccnc1C[C@H](C)NC(=O)c1coc(COc2ccc3c(c2)OCO3)n1. The van der Waals surface area contributed by atoms with E-state index < -0.39 is 0 Å². The predicted molar refractivity (Wildman–Crippen MR) is 103 cm³/mol. The van der Waals surface area contributed by atoms with Crippen molar-refractivity contribution in [1.29, 1.82) is 0 Å². The molecular formula is C21H21N3O5. The van der Waals surface area contributed by atoms with Crippen molar-refractivity contribution in [2.24, 2.45) is 0 Å². The number of nitrogens with zero attached hydrogens (tertiary/aromatic N) is 2. The van der Waals surface area contributed by atoms with Crippen LogP contribution in [0, 0.1) is 6.92 Å². The van der Waals surface area contributed by atoms with Gasteiger partial charge in [-0.25, -0.2) is 4.98 Å². The molecule has 0 saturated carbocycles. The summed E-state index contributed by atoms with van der Waals surface area (Å²) in [5, 5.41) is 2.91. The Morgan fingerprint density at radius 1 is 1.28 bits per heavy atom. The first kappa shape index (κ1) is 18.8. The van der Waals surface area contributed by atoms with Gasteiger partial charge in [-0.05, 0) is 37.6 Å². The fourth-order valence-corrected chi connectivity index (χ4v) is 2.96. The zero-order chi connectivity index (χ0) is 20.2. The number of carbonyl (C=O) groups is 1. The van der Waals surface area contributed by atoms with Gasteiger partial charge in [0.05, 0.1) is 0 Å². The van der Waals surface area contributed by atoms with Crippen molar-refractivity contribution >= 4 is 5.91 Å². The molecule has 1 atom stereocenters. The smallest absolute Gasteiger partial charge is 0.273 e. The number of hydrogen-bond donors (Lipinski definition) is 1. The lowest BCUT2D eigenvalue weighted by molar-refractivity contribution is 0.0934. The minimum atomic E-state index is -0.302. The van der Waals surface area contributed by atoms with E-state index in [0.717, 1.165) is 11.3 Å². The molecule has 8 heteroatoms. The van der Waals surface area contributed by atoms with Gasteiger partial charge in [-0.15, -0.1) is 0 Å². The number of aromatic nitrogens is 2. The van der Waals surface area contributed by atoms with Crippen LogP contribution >= 0.6 is 0 Å². The van der Waals surface area contributed by atoms with Crippen molar-refractivity contribution in [2.75, 3.05) is 6.79 Å². The van der Waals surface area contributed by atoms with Crippen LogP contribution in [0.25, 0.3) is 0 Å². The number of rotatable bonds is 7. The Hall–Kier alpha value is -3.55. The van der Waals surface area contributed by atoms with Crippen LogP contribution in [0.4, 0.5) is 0 Å². The highest BCUT2D eigenvalue weighted by atomic mass is 16.7. The van der Waals surface area contributed by atoms with E-state index in [2.05, 4.69) is 15.3 Å². The van der Waals surface area contributed by atoms with Crippen LogP contribution in [-0.2, 0) is 13.0 Å². The monoisotopic (exact) mass is 395 g/mol. The van der Waals surface area contributed by atoms with Gasteiger partial charge in [-0.3, -0.25) is 9.78 Å². The molecule has 29 heavy (non-hydrogen) atoms. The lowest BCUT2D eigenvalue weighted by atomic mass is 10.1. The van der Waals surface area contributed by atoms with E-state index in [0.29, 0.717) is 29.6 Å². The largest absolute Gasteiger partial charge is 0.484 e. The number of aryl methyl sites for hydroxylation is 1. The minimum absolute atomic E-state index is 0.0929. The van der Waals surface area contributed by atoms with E-state index in [1.807, 2.05) is 26.0 Å². The van der Waals surface area contributed by atoms with Gasteiger partial charge in [0.2, 0.25) is 12.7 Å². The first-order valence-electron chi connectivity index (χ1n) is 9.26. The molecule has 150 valence electrons. The van der Waals surface area contributed by atoms with Gasteiger partial charge < -0.3 is 23.9 Å². The number of nitrogens with one attached hydrogen (secondary N) is 1. The van der Waals surface area contributed by atoms with Crippen molar-refractivity contribution in [1.82, 2.24) is 15.3 Å². The van der Waals surface area contributed by atoms with Crippen molar-refractivity contribution in [3.05, 3.63) is 65.6 Å². The van der Waals surface area contributed by atoms with E-state index in [1.54, 1.807) is 24.4 Å². The summed E-state index contributed by atoms with van der Waals surface area (Å²) in [7, 11) is 0. The highest BCUT2D eigenvalue weighted by Crippen LogP contribution is 2.35. The molecule has 1 aliphatic rings. The molecule has 0 bridgehead atoms. The van der Waals surface area contributed by atoms with Crippen LogP contribution in [0.15, 0.2) is 47.2 Å². The summed E-state index contributed by atoms with van der Waals surface area (Å²) in [5.41, 5.74) is 2.26. The molecule has 3 heterocycles. The molecule has 1 aliphatic heterocycles. The molecule has 3 aromatic rings. The number of hydrogen-bond acceptors (Lipinski definition) is 7. The van der Waals surface area contributed by atoms with E-state index >= 15 is 0 Å². The second kappa shape index (κ2) is 8.22. The first-order chi connectivity index (χ1) is 14.1. The second-order valence-corrected chi connectivity index (χ2v) is 6.78. The maximum absolute atomic E-state index is 12.4. The van der Waals surface area contributed by atoms with Crippen LogP contribution in [0.2, 0.25) is 0 Å². The Bertz CT molecular complexity index is 1020. The molecule has 1 N–H and O–H groups in total. The van der Waals surface area contributed by atoms with E-state index in [9.17, 15) is 4.79 Å². The zero-order valence-electron chi connectivity index (χ0n) is 16.2. The summed E-state index contributed by atoms with van der Waals surface area (Å²) in [6.45, 7) is 4.22. The quantitative estimate of drug-likeness (QED) is 0.657. The molecule has 8 nitrogen and oxygen atoms in total. The third kappa shape index (κ3) is 4.48. The fraction of sp³-hybridized carbons (Fsp3) is 0.286. The van der Waals surface area contributed by atoms with E-state index in [-0.39, 0.29) is 31.0 Å². The molecule has 0 aliphatic carbocycles. The Morgan fingerprint density at radius 3 is 3.00 bits per heavy atom. The van der Waals surface area contributed by atoms with Crippen LogP contribution in [0.5, 0.6) is 17.2 Å². The minimum Gasteiger partial charge on any atom is -0.484 e. The normalized spacial score (nSPS) is 13.2. The number of oxazole rings is 1. The molecule has 1 amide bonds. The van der Waals surface area contributed by atoms with Gasteiger partial charge in [0.15, 0.2) is 23.8 Å². The Kier molecular flexibility index (Phi) is 5.33. The van der Waals surface area contributed by atoms with E-state index in [1.165, 1.54) is 6.26 Å². The fourth-order valence-electron chi connectivity index (χ4n) is 2.96. The maximum Gasteiger partial charge on any atom is 0.273 e. The van der Waals surface area contributed by atoms with Crippen molar-refractivity contribution in [2.45, 2.75) is 32.9 Å². The maximum atomic E-state index is 12.4. The summed E-state index contributed by atoms with van der Waals surface area (Å²) in [4.78, 5) is 21.0. The third-order valence-corrected chi connectivity index (χ3v) is 4.49. The number of benzene rings is 1. The molecule has 2 aromatic heterocycles. The van der Waals surface area contributed by atoms with Gasteiger partial charge in [0.25, 0.3) is 5.91 Å². The highest BCUT2D eigenvalue weighted by molar-refractivity contribution is 5.92. The third-order valence-electron chi connectivity index (χ3n) is 4.49. The summed E-state index contributed by atoms with van der Waals surface area (Å²) in [6.07, 6.45) is 3.71. The van der Waals surface area contributed by atoms with Gasteiger partial charge in [0.1, 0.15) is 12.0 Å². The second-order valence-electron chi connectivity index (χ2n) is 6.78. The number of carbonyl (C=O) groups excluding carboxylic acids is 1. The molecule has 0 radical (unpaired) electrons. The van der Waals surface area contributed by atoms with E-state index in [4.69, 9.17) is 18.6 Å². The lowest BCUT2D eigenvalue weighted by Gasteiger charge is -2.13. The molecule has 0 saturated heterocycles. The molecule has 0 spiro atoms. The molecule has 0 fully saturated rings. The number of ether oxygens (including phenoxy) is 3. The summed E-state index contributed by atoms with van der Waals surface area (Å²) in [6, 6.07) is 9.08. The topological polar surface area (TPSA) is 95.7 Å². The Balaban J connectivity index is 1.31. The van der Waals surface area contributed by atoms with Crippen molar-refractivity contribution in [3.8, 4) is 17.2 Å². The van der Waals surface area contributed by atoms with Gasteiger partial charge in [-0.2, -0.15) is 0 Å². The summed E-state index contributed by atoms with van der Waals surface area (Å²) >= 11 is 0. The van der Waals surface area contributed by atoms with Crippen LogP contribution in [-0.4, -0.2) is 28.7 Å². The number of amides is 1. The number of fused-ring (bicyclic) bond motifs is 1. The molecule has 4 rings (SSSR count). The standard InChI is InChI=1S/C21H21N3O5/c1-13-4-3-7-22-16(13)8-14(2)23-21(25)17-10-27-20(24-17)11-26-15-5-6-18-19(9-15)29-12-28-18/h3-7,9-10,14H,8,11-12H2,1-2H3,(H,23,25)/t14-/m0/s1. The molecule has 0 unspecified atom stereocenters. The van der Waals surface area contributed by atoms with Gasteiger partial charge in [-0.1, -0.05) is 6.07 Å². The van der Waals surface area contributed by atoms with Crippen molar-refractivity contribution < 1.29 is 23.4 Å². The molecular weight excluding hydrogens is 374 g/mol. The lowest BCUT2D eigenvalue weighted by Crippen LogP contribution is -2.34. The van der Waals surface area contributed by atoms with Crippen LogP contribution in [0.3, 0.4) is 0 Å². The Labute approximate surface area is 167 Å². The summed E-state index contributed by atoms with van der Waals surface area (Å²) < 4.78 is 21.6. The average molecular weight is 395 g/mol. The van der Waals surface area contributed by atoms with Crippen molar-refractivity contribution in [3.63, 3.8) is 0 Å². The number of pyridine rings is 1. The van der Waals surface area contributed by atoms with Crippen LogP contribution in [0.1, 0.15) is 34.6 Å². The van der Waals surface area contributed by atoms with Gasteiger partial charge >= 0.3 is 0 Å². The Morgan fingerprint density at radius 2 is 2.14 bits per heavy atom. The first-order valence-corrected chi connectivity index (χ1v) is 9.26.